The topological polar surface area (TPSA) is 96.5 Å². The number of anilines is 1. The van der Waals surface area contributed by atoms with E-state index in [-0.39, 0.29) is 6.54 Å². The normalized spacial score (nSPS) is 13.9. The first-order chi connectivity index (χ1) is 11.2. The maximum atomic E-state index is 12.0. The second-order valence-electron chi connectivity index (χ2n) is 6.85. The molecule has 24 heavy (non-hydrogen) atoms. The first kappa shape index (κ1) is 18.1. The van der Waals surface area contributed by atoms with Crippen LogP contribution in [0.15, 0.2) is 27.4 Å². The molecule has 7 heteroatoms. The summed E-state index contributed by atoms with van der Waals surface area (Å²) in [6.45, 7) is 6.05. The van der Waals surface area contributed by atoms with E-state index in [1.807, 2.05) is 0 Å². The van der Waals surface area contributed by atoms with Gasteiger partial charge in [-0.05, 0) is 37.8 Å². The number of benzene rings is 1. The third kappa shape index (κ3) is 4.61. The van der Waals surface area contributed by atoms with E-state index in [2.05, 4.69) is 24.5 Å². The Kier molecular flexibility index (Phi) is 5.33. The Hall–Kier alpha value is -2.28. The fourth-order valence-corrected chi connectivity index (χ4v) is 2.35. The van der Waals surface area contributed by atoms with Gasteiger partial charge in [0.05, 0.1) is 11.1 Å². The molecule has 2 rings (SSSR count). The molecule has 0 aliphatic rings. The van der Waals surface area contributed by atoms with E-state index in [1.54, 1.807) is 32.2 Å². The van der Waals surface area contributed by atoms with E-state index in [0.29, 0.717) is 29.1 Å². The molecule has 0 fully saturated rings. The molecule has 2 amide bonds. The van der Waals surface area contributed by atoms with Gasteiger partial charge in [-0.2, -0.15) is 0 Å². The van der Waals surface area contributed by atoms with Crippen molar-refractivity contribution in [3.8, 4) is 0 Å². The van der Waals surface area contributed by atoms with Gasteiger partial charge in [-0.1, -0.05) is 13.8 Å². The van der Waals surface area contributed by atoms with Crippen molar-refractivity contribution in [2.45, 2.75) is 39.2 Å². The molecule has 7 nitrogen and oxygen atoms in total. The highest BCUT2D eigenvalue weighted by Gasteiger charge is 2.21. The molecule has 0 saturated carbocycles. The second-order valence-corrected chi connectivity index (χ2v) is 6.85. The zero-order valence-corrected chi connectivity index (χ0v) is 14.5. The van der Waals surface area contributed by atoms with Crippen molar-refractivity contribution in [1.82, 2.24) is 9.88 Å². The van der Waals surface area contributed by atoms with Crippen molar-refractivity contribution in [2.24, 2.45) is 13.0 Å². The summed E-state index contributed by atoms with van der Waals surface area (Å²) in [6, 6.07) is 4.56. The average molecular weight is 335 g/mol. The molecule has 1 heterocycles. The van der Waals surface area contributed by atoms with E-state index in [9.17, 15) is 14.7 Å². The van der Waals surface area contributed by atoms with Gasteiger partial charge < -0.3 is 20.2 Å². The monoisotopic (exact) mass is 335 g/mol. The smallest absolute Gasteiger partial charge is 0.408 e. The van der Waals surface area contributed by atoms with Gasteiger partial charge >= 0.3 is 11.8 Å². The number of carbonyl (C=O) groups is 1. The first-order valence-corrected chi connectivity index (χ1v) is 8.05. The molecule has 1 unspecified atom stereocenters. The summed E-state index contributed by atoms with van der Waals surface area (Å²) in [6.07, 6.45) is 1.51. The molecule has 1 aromatic carbocycles. The summed E-state index contributed by atoms with van der Waals surface area (Å²) in [4.78, 5) is 23.4. The van der Waals surface area contributed by atoms with Gasteiger partial charge in [0.15, 0.2) is 5.58 Å². The van der Waals surface area contributed by atoms with Crippen LogP contribution in [0.2, 0.25) is 0 Å². The number of nitrogens with zero attached hydrogens (tertiary/aromatic N) is 1. The molecule has 0 bridgehead atoms. The molecule has 0 aliphatic heterocycles. The van der Waals surface area contributed by atoms with Crippen molar-refractivity contribution >= 4 is 22.8 Å². The van der Waals surface area contributed by atoms with Crippen molar-refractivity contribution in [1.29, 1.82) is 0 Å². The Morgan fingerprint density at radius 1 is 1.42 bits per heavy atom. The van der Waals surface area contributed by atoms with E-state index in [4.69, 9.17) is 4.42 Å². The maximum Gasteiger partial charge on any atom is 0.419 e. The predicted molar refractivity (Wildman–Crippen MR) is 93.2 cm³/mol. The molecule has 1 aromatic heterocycles. The Labute approximate surface area is 140 Å². The third-order valence-electron chi connectivity index (χ3n) is 3.94. The summed E-state index contributed by atoms with van der Waals surface area (Å²) in [5.74, 6) is 0.0466. The van der Waals surface area contributed by atoms with Gasteiger partial charge in [0, 0.05) is 25.3 Å². The minimum Gasteiger partial charge on any atom is -0.408 e. The van der Waals surface area contributed by atoms with E-state index >= 15 is 0 Å². The quantitative estimate of drug-likeness (QED) is 0.755. The van der Waals surface area contributed by atoms with Crippen LogP contribution in [0.4, 0.5) is 10.5 Å². The van der Waals surface area contributed by atoms with Crippen molar-refractivity contribution in [3.63, 3.8) is 0 Å². The summed E-state index contributed by atoms with van der Waals surface area (Å²) < 4.78 is 6.48. The van der Waals surface area contributed by atoms with Crippen molar-refractivity contribution < 1.29 is 14.3 Å². The maximum absolute atomic E-state index is 12.0. The Balaban J connectivity index is 1.93. The fourth-order valence-electron chi connectivity index (χ4n) is 2.35. The van der Waals surface area contributed by atoms with Gasteiger partial charge in [-0.15, -0.1) is 0 Å². The molecule has 0 saturated heterocycles. The van der Waals surface area contributed by atoms with Crippen LogP contribution in [0.25, 0.3) is 11.1 Å². The van der Waals surface area contributed by atoms with Crippen LogP contribution in [0.1, 0.15) is 33.6 Å². The number of fused-ring (bicyclic) bond motifs is 1. The summed E-state index contributed by atoms with van der Waals surface area (Å²) in [7, 11) is 1.62. The Bertz CT molecular complexity index is 774. The van der Waals surface area contributed by atoms with Crippen molar-refractivity contribution in [3.05, 3.63) is 28.7 Å². The van der Waals surface area contributed by atoms with Crippen LogP contribution < -0.4 is 16.4 Å². The number of urea groups is 1. The minimum absolute atomic E-state index is 0.161. The van der Waals surface area contributed by atoms with Crippen LogP contribution in [0.5, 0.6) is 0 Å². The van der Waals surface area contributed by atoms with E-state index < -0.39 is 17.4 Å². The number of oxazole rings is 1. The van der Waals surface area contributed by atoms with E-state index in [1.165, 1.54) is 4.57 Å². The lowest BCUT2D eigenvalue weighted by molar-refractivity contribution is 0.0481. The van der Waals surface area contributed by atoms with Crippen LogP contribution in [0, 0.1) is 5.92 Å². The molecule has 0 radical (unpaired) electrons. The number of carbonyl (C=O) groups excluding carboxylic acids is 1. The van der Waals surface area contributed by atoms with Crippen LogP contribution in [-0.4, -0.2) is 27.9 Å². The largest absolute Gasteiger partial charge is 0.419 e. The lowest BCUT2D eigenvalue weighted by atomic mass is 9.95. The first-order valence-electron chi connectivity index (χ1n) is 8.05. The molecule has 1 atom stereocenters. The van der Waals surface area contributed by atoms with Gasteiger partial charge in [0.2, 0.25) is 0 Å². The highest BCUT2D eigenvalue weighted by atomic mass is 16.4. The Morgan fingerprint density at radius 2 is 2.12 bits per heavy atom. The number of nitrogens with one attached hydrogen (secondary N) is 2. The SMILES string of the molecule is CC(C)CCC(C)(O)CNC(=O)Nc1ccc2c(c1)oc(=O)n2C. The molecular weight excluding hydrogens is 310 g/mol. The molecule has 3 N–H and O–H groups in total. The van der Waals surface area contributed by atoms with Crippen LogP contribution in [-0.2, 0) is 7.05 Å². The molecule has 0 aliphatic carbocycles. The standard InChI is InChI=1S/C17H25N3O4/c1-11(2)7-8-17(3,23)10-18-15(21)19-12-5-6-13-14(9-12)24-16(22)20(13)4/h5-6,9,11,23H,7-8,10H2,1-4H3,(H2,18,19,21). The number of hydrogen-bond donors (Lipinski definition) is 3. The van der Waals surface area contributed by atoms with Crippen molar-refractivity contribution in [2.75, 3.05) is 11.9 Å². The molecule has 0 spiro atoms. The molecule has 132 valence electrons. The summed E-state index contributed by atoms with van der Waals surface area (Å²) in [5, 5.41) is 15.6. The number of hydrogen-bond acceptors (Lipinski definition) is 4. The third-order valence-corrected chi connectivity index (χ3v) is 3.94. The van der Waals surface area contributed by atoms with E-state index in [0.717, 1.165) is 6.42 Å². The number of amides is 2. The molecule has 2 aromatic rings. The number of aryl methyl sites for hydroxylation is 1. The zero-order chi connectivity index (χ0) is 17.9. The number of rotatable bonds is 6. The minimum atomic E-state index is -0.947. The van der Waals surface area contributed by atoms with Crippen LogP contribution in [0.3, 0.4) is 0 Å². The summed E-state index contributed by atoms with van der Waals surface area (Å²) >= 11 is 0. The van der Waals surface area contributed by atoms with Gasteiger partial charge in [-0.3, -0.25) is 4.57 Å². The Morgan fingerprint density at radius 3 is 2.79 bits per heavy atom. The predicted octanol–water partition coefficient (Wildman–Crippen LogP) is 2.44. The lowest BCUT2D eigenvalue weighted by Crippen LogP contribution is -2.42. The zero-order valence-electron chi connectivity index (χ0n) is 14.5. The highest BCUT2D eigenvalue weighted by Crippen LogP contribution is 2.18. The van der Waals surface area contributed by atoms with Gasteiger partial charge in [0.25, 0.3) is 0 Å². The lowest BCUT2D eigenvalue weighted by Gasteiger charge is -2.24. The fraction of sp³-hybridized carbons (Fsp3) is 0.529. The van der Waals surface area contributed by atoms with Crippen LogP contribution >= 0.6 is 0 Å². The number of aliphatic hydroxyl groups is 1. The van der Waals surface area contributed by atoms with Gasteiger partial charge in [0.1, 0.15) is 0 Å². The molecular formula is C17H25N3O4. The van der Waals surface area contributed by atoms with Gasteiger partial charge in [-0.25, -0.2) is 9.59 Å². The average Bonchev–Trinajstić information content (AvgIpc) is 2.78. The number of aromatic nitrogens is 1. The highest BCUT2D eigenvalue weighted by molar-refractivity contribution is 5.91. The summed E-state index contributed by atoms with van der Waals surface area (Å²) in [5.41, 5.74) is 0.626. The second kappa shape index (κ2) is 7.09.